The predicted octanol–water partition coefficient (Wildman–Crippen LogP) is 2.04. The number of piperidine rings is 1. The topological polar surface area (TPSA) is 41.6 Å². The fourth-order valence-corrected chi connectivity index (χ4v) is 3.85. The Balaban J connectivity index is 1.36. The van der Waals surface area contributed by atoms with Gasteiger partial charge in [0.1, 0.15) is 0 Å². The van der Waals surface area contributed by atoms with Crippen LogP contribution >= 0.6 is 0 Å². The summed E-state index contributed by atoms with van der Waals surface area (Å²) in [7, 11) is 0. The molecule has 0 aromatic carbocycles. The van der Waals surface area contributed by atoms with Crippen LogP contribution in [-0.2, 0) is 9.53 Å². The molecule has 1 N–H and O–H groups in total. The first-order valence-electron chi connectivity index (χ1n) is 8.85. The first kappa shape index (κ1) is 15.3. The number of likely N-dealkylation sites (tertiary alicyclic amines) is 1. The van der Waals surface area contributed by atoms with Gasteiger partial charge in [0, 0.05) is 25.6 Å². The van der Waals surface area contributed by atoms with Gasteiger partial charge in [-0.05, 0) is 50.6 Å². The summed E-state index contributed by atoms with van der Waals surface area (Å²) in [6.07, 6.45) is 7.90. The second kappa shape index (κ2) is 7.10. The Morgan fingerprint density at radius 1 is 1.19 bits per heavy atom. The molecule has 2 saturated heterocycles. The van der Waals surface area contributed by atoms with Gasteiger partial charge in [-0.15, -0.1) is 0 Å². The van der Waals surface area contributed by atoms with E-state index in [1.807, 2.05) is 0 Å². The monoisotopic (exact) mass is 294 g/mol. The Bertz CT molecular complexity index is 343. The Kier molecular flexibility index (Phi) is 5.17. The normalized spacial score (nSPS) is 26.8. The van der Waals surface area contributed by atoms with Crippen LogP contribution in [0.15, 0.2) is 0 Å². The molecule has 1 atom stereocenters. The van der Waals surface area contributed by atoms with E-state index in [2.05, 4.69) is 17.1 Å². The van der Waals surface area contributed by atoms with E-state index in [0.29, 0.717) is 17.9 Å². The first-order chi connectivity index (χ1) is 10.2. The van der Waals surface area contributed by atoms with E-state index < -0.39 is 0 Å². The van der Waals surface area contributed by atoms with Gasteiger partial charge < -0.3 is 15.0 Å². The number of rotatable bonds is 5. The highest BCUT2D eigenvalue weighted by Crippen LogP contribution is 2.27. The second-order valence-electron chi connectivity index (χ2n) is 7.22. The predicted molar refractivity (Wildman–Crippen MR) is 83.0 cm³/mol. The Morgan fingerprint density at radius 3 is 2.43 bits per heavy atom. The first-order valence-corrected chi connectivity index (χ1v) is 8.85. The molecular formula is C17H30N2O2. The highest BCUT2D eigenvalue weighted by molar-refractivity contribution is 5.79. The number of ether oxygens (including phenoxy) is 1. The maximum atomic E-state index is 12.5. The summed E-state index contributed by atoms with van der Waals surface area (Å²) in [4.78, 5) is 14.5. The maximum Gasteiger partial charge on any atom is 0.225 e. The summed E-state index contributed by atoms with van der Waals surface area (Å²) in [5.74, 6) is 1.89. The number of hydrogen-bond acceptors (Lipinski definition) is 3. The van der Waals surface area contributed by atoms with Crippen molar-refractivity contribution in [2.24, 2.45) is 17.8 Å². The number of amides is 1. The van der Waals surface area contributed by atoms with E-state index in [1.54, 1.807) is 0 Å². The van der Waals surface area contributed by atoms with Crippen molar-refractivity contribution in [2.45, 2.75) is 51.6 Å². The van der Waals surface area contributed by atoms with Crippen molar-refractivity contribution in [1.29, 1.82) is 0 Å². The van der Waals surface area contributed by atoms with Gasteiger partial charge >= 0.3 is 0 Å². The minimum Gasteiger partial charge on any atom is -0.378 e. The molecule has 3 aliphatic rings. The van der Waals surface area contributed by atoms with Crippen molar-refractivity contribution in [3.8, 4) is 0 Å². The fourth-order valence-electron chi connectivity index (χ4n) is 3.85. The van der Waals surface area contributed by atoms with E-state index in [9.17, 15) is 4.79 Å². The lowest BCUT2D eigenvalue weighted by Crippen LogP contribution is -2.52. The molecule has 2 aliphatic heterocycles. The smallest absolute Gasteiger partial charge is 0.225 e. The SMILES string of the molecule is CC(C(=O)N1CCC(OCC2CCCC2)CC1)C1CNC1. The van der Waals surface area contributed by atoms with Gasteiger partial charge in [0.05, 0.1) is 6.10 Å². The van der Waals surface area contributed by atoms with Crippen molar-refractivity contribution in [3.63, 3.8) is 0 Å². The van der Waals surface area contributed by atoms with Gasteiger partial charge in [0.15, 0.2) is 0 Å². The molecule has 2 heterocycles. The quantitative estimate of drug-likeness (QED) is 0.843. The van der Waals surface area contributed by atoms with Crippen LogP contribution in [0.5, 0.6) is 0 Å². The summed E-state index contributed by atoms with van der Waals surface area (Å²) < 4.78 is 6.09. The van der Waals surface area contributed by atoms with Crippen molar-refractivity contribution in [1.82, 2.24) is 10.2 Å². The highest BCUT2D eigenvalue weighted by atomic mass is 16.5. The largest absolute Gasteiger partial charge is 0.378 e. The fraction of sp³-hybridized carbons (Fsp3) is 0.941. The molecule has 1 aliphatic carbocycles. The molecule has 4 heteroatoms. The van der Waals surface area contributed by atoms with Crippen LogP contribution < -0.4 is 5.32 Å². The summed E-state index contributed by atoms with van der Waals surface area (Å²) in [5, 5.41) is 3.26. The number of nitrogens with zero attached hydrogens (tertiary/aromatic N) is 1. The van der Waals surface area contributed by atoms with Crippen LogP contribution in [0.2, 0.25) is 0 Å². The molecule has 1 unspecified atom stereocenters. The van der Waals surface area contributed by atoms with Gasteiger partial charge in [-0.1, -0.05) is 19.8 Å². The third-order valence-corrected chi connectivity index (χ3v) is 5.71. The zero-order valence-electron chi connectivity index (χ0n) is 13.4. The third-order valence-electron chi connectivity index (χ3n) is 5.71. The van der Waals surface area contributed by atoms with Gasteiger partial charge in [-0.3, -0.25) is 4.79 Å². The zero-order valence-corrected chi connectivity index (χ0v) is 13.4. The molecular weight excluding hydrogens is 264 g/mol. The lowest BCUT2D eigenvalue weighted by Gasteiger charge is -2.38. The zero-order chi connectivity index (χ0) is 14.7. The van der Waals surface area contributed by atoms with Crippen LogP contribution in [0, 0.1) is 17.8 Å². The van der Waals surface area contributed by atoms with Crippen LogP contribution in [0.1, 0.15) is 45.4 Å². The second-order valence-corrected chi connectivity index (χ2v) is 7.22. The molecule has 0 spiro atoms. The molecule has 1 saturated carbocycles. The minimum atomic E-state index is 0.183. The average Bonchev–Trinajstić information content (AvgIpc) is 2.96. The Hall–Kier alpha value is -0.610. The lowest BCUT2D eigenvalue weighted by molar-refractivity contribution is -0.140. The van der Waals surface area contributed by atoms with Gasteiger partial charge in [-0.2, -0.15) is 0 Å². The van der Waals surface area contributed by atoms with E-state index in [1.165, 1.54) is 25.7 Å². The molecule has 0 radical (unpaired) electrons. The Labute approximate surface area is 128 Å². The molecule has 3 fully saturated rings. The molecule has 0 aromatic rings. The number of hydrogen-bond donors (Lipinski definition) is 1. The van der Waals surface area contributed by atoms with Gasteiger partial charge in [0.2, 0.25) is 5.91 Å². The lowest BCUT2D eigenvalue weighted by atomic mass is 9.87. The van der Waals surface area contributed by atoms with E-state index >= 15 is 0 Å². The Morgan fingerprint density at radius 2 is 1.86 bits per heavy atom. The molecule has 21 heavy (non-hydrogen) atoms. The summed E-state index contributed by atoms with van der Waals surface area (Å²) in [6.45, 7) is 6.83. The summed E-state index contributed by atoms with van der Waals surface area (Å²) >= 11 is 0. The van der Waals surface area contributed by atoms with Crippen LogP contribution in [0.3, 0.4) is 0 Å². The highest BCUT2D eigenvalue weighted by Gasteiger charge is 2.33. The number of carbonyl (C=O) groups excluding carboxylic acids is 1. The van der Waals surface area contributed by atoms with Gasteiger partial charge in [-0.25, -0.2) is 0 Å². The molecule has 0 bridgehead atoms. The standard InChI is InChI=1S/C17H30N2O2/c1-13(15-10-18-11-15)17(20)19-8-6-16(7-9-19)21-12-14-4-2-3-5-14/h13-16,18H,2-12H2,1H3. The molecule has 4 nitrogen and oxygen atoms in total. The molecule has 3 rings (SSSR count). The summed E-state index contributed by atoms with van der Waals surface area (Å²) in [5.41, 5.74) is 0. The van der Waals surface area contributed by atoms with Crippen LogP contribution in [0.4, 0.5) is 0 Å². The molecule has 120 valence electrons. The number of nitrogens with one attached hydrogen (secondary N) is 1. The van der Waals surface area contributed by atoms with E-state index in [-0.39, 0.29) is 5.92 Å². The molecule has 1 amide bonds. The van der Waals surface area contributed by atoms with Crippen molar-refractivity contribution >= 4 is 5.91 Å². The van der Waals surface area contributed by atoms with E-state index in [0.717, 1.165) is 51.5 Å². The molecule has 0 aromatic heterocycles. The van der Waals surface area contributed by atoms with Gasteiger partial charge in [0.25, 0.3) is 0 Å². The van der Waals surface area contributed by atoms with E-state index in [4.69, 9.17) is 4.74 Å². The maximum absolute atomic E-state index is 12.5. The van der Waals surface area contributed by atoms with Crippen molar-refractivity contribution in [2.75, 3.05) is 32.8 Å². The van der Waals surface area contributed by atoms with Crippen LogP contribution in [-0.4, -0.2) is 49.7 Å². The minimum absolute atomic E-state index is 0.183. The average molecular weight is 294 g/mol. The van der Waals surface area contributed by atoms with Crippen LogP contribution in [0.25, 0.3) is 0 Å². The van der Waals surface area contributed by atoms with Crippen molar-refractivity contribution < 1.29 is 9.53 Å². The number of carbonyl (C=O) groups is 1. The van der Waals surface area contributed by atoms with Crippen molar-refractivity contribution in [3.05, 3.63) is 0 Å². The third kappa shape index (κ3) is 3.78. The summed E-state index contributed by atoms with van der Waals surface area (Å²) in [6, 6.07) is 0.